The van der Waals surface area contributed by atoms with Gasteiger partial charge in [0.15, 0.2) is 0 Å². The maximum Gasteiger partial charge on any atom is 0.416 e. The number of benzene rings is 1. The van der Waals surface area contributed by atoms with Crippen LogP contribution in [0.25, 0.3) is 11.5 Å². The molecule has 0 fully saturated rings. The summed E-state index contributed by atoms with van der Waals surface area (Å²) in [6.07, 6.45) is 10.5. The van der Waals surface area contributed by atoms with E-state index in [1.54, 1.807) is 60.6 Å². The second-order valence-electron chi connectivity index (χ2n) is 9.49. The van der Waals surface area contributed by atoms with E-state index in [9.17, 15) is 18.0 Å². The SMILES string of the molecule is Cc1cn(-c2cc(NC(=O)C3C=CC(C)(Nc4nccc(-n5cnc(C)c5)n4)C=C3)cc(C(F)(F)F)c2)cn1. The first-order valence-electron chi connectivity index (χ1n) is 12.0. The standard InChI is InChI=1S/C27H25F3N8O/c1-17-13-37(15-32-17)22-11-20(27(28,29)30)10-21(12-22)34-24(39)19-4-7-26(3,8-5-19)36-25-31-9-6-23(35-25)38-14-18(2)33-16-38/h4-16,19H,1-3H3,(H,34,39)(H,31,35,36). The van der Waals surface area contributed by atoms with Crippen molar-refractivity contribution in [2.75, 3.05) is 10.6 Å². The van der Waals surface area contributed by atoms with Crippen molar-refractivity contribution in [1.82, 2.24) is 29.1 Å². The van der Waals surface area contributed by atoms with Gasteiger partial charge in [0.05, 0.1) is 34.7 Å². The number of aromatic nitrogens is 6. The molecule has 0 saturated carbocycles. The Morgan fingerprint density at radius 1 is 0.974 bits per heavy atom. The minimum Gasteiger partial charge on any atom is -0.342 e. The van der Waals surface area contributed by atoms with Crippen LogP contribution >= 0.6 is 0 Å². The highest BCUT2D eigenvalue weighted by molar-refractivity contribution is 5.95. The Kier molecular flexibility index (Phi) is 6.54. The molecule has 39 heavy (non-hydrogen) atoms. The number of hydrogen-bond acceptors (Lipinski definition) is 6. The average Bonchev–Trinajstić information content (AvgIpc) is 3.52. The van der Waals surface area contributed by atoms with Crippen molar-refractivity contribution >= 4 is 17.5 Å². The van der Waals surface area contributed by atoms with Crippen molar-refractivity contribution in [1.29, 1.82) is 0 Å². The largest absolute Gasteiger partial charge is 0.416 e. The van der Waals surface area contributed by atoms with E-state index in [1.807, 2.05) is 20.0 Å². The number of aryl methyl sites for hydroxylation is 2. The van der Waals surface area contributed by atoms with Gasteiger partial charge in [-0.05, 0) is 45.0 Å². The Morgan fingerprint density at radius 2 is 1.64 bits per heavy atom. The lowest BCUT2D eigenvalue weighted by Crippen LogP contribution is -2.34. The van der Waals surface area contributed by atoms with Crippen LogP contribution in [0.2, 0.25) is 0 Å². The highest BCUT2D eigenvalue weighted by Crippen LogP contribution is 2.33. The fourth-order valence-electron chi connectivity index (χ4n) is 4.11. The topological polar surface area (TPSA) is 103 Å². The predicted molar refractivity (Wildman–Crippen MR) is 140 cm³/mol. The van der Waals surface area contributed by atoms with Gasteiger partial charge in [0.25, 0.3) is 0 Å². The Morgan fingerprint density at radius 3 is 2.26 bits per heavy atom. The second-order valence-corrected chi connectivity index (χ2v) is 9.49. The fourth-order valence-corrected chi connectivity index (χ4v) is 4.11. The summed E-state index contributed by atoms with van der Waals surface area (Å²) in [5.74, 6) is -0.131. The first kappa shape index (κ1) is 25.9. The fraction of sp³-hybridized carbons (Fsp3) is 0.222. The van der Waals surface area contributed by atoms with Gasteiger partial charge in [-0.3, -0.25) is 9.36 Å². The van der Waals surface area contributed by atoms with Crippen LogP contribution in [-0.4, -0.2) is 40.5 Å². The van der Waals surface area contributed by atoms with E-state index in [1.165, 1.54) is 17.0 Å². The summed E-state index contributed by atoms with van der Waals surface area (Å²) >= 11 is 0. The molecule has 5 rings (SSSR count). The van der Waals surface area contributed by atoms with Crippen molar-refractivity contribution < 1.29 is 18.0 Å². The number of imidazole rings is 2. The molecular weight excluding hydrogens is 509 g/mol. The quantitative estimate of drug-likeness (QED) is 0.336. The summed E-state index contributed by atoms with van der Waals surface area (Å²) in [4.78, 5) is 30.1. The molecule has 0 aliphatic heterocycles. The van der Waals surface area contributed by atoms with Crippen molar-refractivity contribution in [3.8, 4) is 11.5 Å². The van der Waals surface area contributed by atoms with Gasteiger partial charge in [0, 0.05) is 30.0 Å². The minimum atomic E-state index is -4.58. The molecule has 4 aromatic rings. The first-order valence-corrected chi connectivity index (χ1v) is 12.0. The van der Waals surface area contributed by atoms with Crippen LogP contribution in [-0.2, 0) is 11.0 Å². The van der Waals surface area contributed by atoms with Gasteiger partial charge in [0.1, 0.15) is 12.1 Å². The monoisotopic (exact) mass is 534 g/mol. The normalized spacial score (nSPS) is 18.8. The number of nitrogens with zero attached hydrogens (tertiary/aromatic N) is 6. The molecule has 0 spiro atoms. The average molecular weight is 535 g/mol. The molecular formula is C27H25F3N8O. The van der Waals surface area contributed by atoms with Crippen molar-refractivity contribution in [2.24, 2.45) is 5.92 Å². The van der Waals surface area contributed by atoms with Gasteiger partial charge < -0.3 is 15.2 Å². The van der Waals surface area contributed by atoms with Gasteiger partial charge in [0.2, 0.25) is 11.9 Å². The number of hydrogen-bond donors (Lipinski definition) is 2. The van der Waals surface area contributed by atoms with E-state index in [0.717, 1.165) is 17.8 Å². The Hall–Kier alpha value is -4.74. The minimum absolute atomic E-state index is 0.0318. The third-order valence-electron chi connectivity index (χ3n) is 6.12. The molecule has 1 amide bonds. The van der Waals surface area contributed by atoms with Gasteiger partial charge in [-0.2, -0.15) is 18.2 Å². The number of nitrogens with one attached hydrogen (secondary N) is 2. The van der Waals surface area contributed by atoms with Crippen LogP contribution in [0.15, 0.2) is 79.8 Å². The van der Waals surface area contributed by atoms with Crippen LogP contribution in [0.1, 0.15) is 23.9 Å². The van der Waals surface area contributed by atoms with E-state index < -0.39 is 29.1 Å². The zero-order valence-corrected chi connectivity index (χ0v) is 21.3. The summed E-state index contributed by atoms with van der Waals surface area (Å²) in [5.41, 5.74) is 0.214. The molecule has 0 atom stereocenters. The van der Waals surface area contributed by atoms with Crippen LogP contribution in [0.4, 0.5) is 24.8 Å². The molecule has 0 radical (unpaired) electrons. The zero-order valence-electron chi connectivity index (χ0n) is 21.3. The van der Waals surface area contributed by atoms with Crippen molar-refractivity contribution in [3.63, 3.8) is 0 Å². The van der Waals surface area contributed by atoms with E-state index in [4.69, 9.17) is 0 Å². The van der Waals surface area contributed by atoms with Gasteiger partial charge in [-0.25, -0.2) is 15.0 Å². The van der Waals surface area contributed by atoms with Crippen molar-refractivity contribution in [3.05, 3.63) is 96.8 Å². The maximum absolute atomic E-state index is 13.6. The molecule has 2 N–H and O–H groups in total. The summed E-state index contributed by atoms with van der Waals surface area (Å²) in [6.45, 7) is 5.51. The Bertz CT molecular complexity index is 1570. The van der Waals surface area contributed by atoms with E-state index in [0.29, 0.717) is 17.5 Å². The van der Waals surface area contributed by atoms with Crippen LogP contribution in [0.3, 0.4) is 0 Å². The molecule has 0 saturated heterocycles. The van der Waals surface area contributed by atoms with Crippen molar-refractivity contribution in [2.45, 2.75) is 32.5 Å². The summed E-state index contributed by atoms with van der Waals surface area (Å²) < 4.78 is 44.0. The van der Waals surface area contributed by atoms with E-state index in [2.05, 4.69) is 30.6 Å². The molecule has 9 nitrogen and oxygen atoms in total. The zero-order chi connectivity index (χ0) is 27.8. The van der Waals surface area contributed by atoms with Crippen LogP contribution in [0.5, 0.6) is 0 Å². The summed E-state index contributed by atoms with van der Waals surface area (Å²) in [6, 6.07) is 5.16. The van der Waals surface area contributed by atoms with E-state index in [-0.39, 0.29) is 11.4 Å². The molecule has 1 aliphatic rings. The number of halogens is 3. The van der Waals surface area contributed by atoms with Gasteiger partial charge >= 0.3 is 6.18 Å². The summed E-state index contributed by atoms with van der Waals surface area (Å²) in [7, 11) is 0. The second kappa shape index (κ2) is 9.86. The highest BCUT2D eigenvalue weighted by atomic mass is 19.4. The lowest BCUT2D eigenvalue weighted by molar-refractivity contribution is -0.137. The number of carbonyl (C=O) groups excluding carboxylic acids is 1. The number of anilines is 2. The first-order chi connectivity index (χ1) is 18.5. The maximum atomic E-state index is 13.6. The molecule has 0 bridgehead atoms. The number of alkyl halides is 3. The Labute approximate surface area is 222 Å². The lowest BCUT2D eigenvalue weighted by Gasteiger charge is -2.28. The smallest absolute Gasteiger partial charge is 0.342 e. The Balaban J connectivity index is 1.30. The van der Waals surface area contributed by atoms with Gasteiger partial charge in [-0.15, -0.1) is 0 Å². The molecule has 12 heteroatoms. The molecule has 3 aromatic heterocycles. The van der Waals surface area contributed by atoms with E-state index >= 15 is 0 Å². The van der Waals surface area contributed by atoms with Gasteiger partial charge in [-0.1, -0.05) is 24.3 Å². The third-order valence-corrected chi connectivity index (χ3v) is 6.12. The lowest BCUT2D eigenvalue weighted by atomic mass is 9.90. The molecule has 1 aliphatic carbocycles. The number of carbonyl (C=O) groups is 1. The third kappa shape index (κ3) is 5.89. The molecule has 0 unspecified atom stereocenters. The molecule has 200 valence electrons. The predicted octanol–water partition coefficient (Wildman–Crippen LogP) is 5.04. The molecule has 3 heterocycles. The van der Waals surface area contributed by atoms with Crippen LogP contribution in [0, 0.1) is 19.8 Å². The molecule has 1 aromatic carbocycles. The number of rotatable bonds is 6. The van der Waals surface area contributed by atoms with Crippen LogP contribution < -0.4 is 10.6 Å². The number of amides is 1. The highest BCUT2D eigenvalue weighted by Gasteiger charge is 2.32. The summed E-state index contributed by atoms with van der Waals surface area (Å²) in [5, 5.41) is 5.86.